The van der Waals surface area contributed by atoms with E-state index in [-0.39, 0.29) is 5.97 Å². The van der Waals surface area contributed by atoms with E-state index in [0.29, 0.717) is 26.1 Å². The van der Waals surface area contributed by atoms with Crippen LogP contribution in [-0.4, -0.2) is 31.3 Å². The Bertz CT molecular complexity index is 1150. The number of ether oxygens (including phenoxy) is 3. The van der Waals surface area contributed by atoms with Crippen LogP contribution in [-0.2, 0) is 16.0 Å². The van der Waals surface area contributed by atoms with Gasteiger partial charge in [0.2, 0.25) is 0 Å². The number of rotatable bonds is 9. The van der Waals surface area contributed by atoms with Crippen LogP contribution in [0.15, 0.2) is 79.0 Å². The molecule has 5 heteroatoms. The molecular formula is C26H25NO4. The molecule has 1 aromatic heterocycles. The van der Waals surface area contributed by atoms with Crippen LogP contribution in [0.1, 0.15) is 12.0 Å². The van der Waals surface area contributed by atoms with Crippen molar-refractivity contribution in [1.82, 2.24) is 4.98 Å². The highest BCUT2D eigenvalue weighted by atomic mass is 16.5. The number of hydrogen-bond donors (Lipinski definition) is 1. The van der Waals surface area contributed by atoms with Gasteiger partial charge in [0.15, 0.2) is 0 Å². The first-order valence-electron chi connectivity index (χ1n) is 10.3. The van der Waals surface area contributed by atoms with Crippen molar-refractivity contribution in [3.05, 3.63) is 84.6 Å². The third-order valence-corrected chi connectivity index (χ3v) is 5.11. The summed E-state index contributed by atoms with van der Waals surface area (Å²) < 4.78 is 16.6. The van der Waals surface area contributed by atoms with Gasteiger partial charge in [-0.25, -0.2) is 0 Å². The lowest BCUT2D eigenvalue weighted by molar-refractivity contribution is -0.140. The second-order valence-electron chi connectivity index (χ2n) is 7.20. The van der Waals surface area contributed by atoms with Gasteiger partial charge in [-0.3, -0.25) is 4.79 Å². The van der Waals surface area contributed by atoms with Crippen molar-refractivity contribution in [3.8, 4) is 22.6 Å². The summed E-state index contributed by atoms with van der Waals surface area (Å²) in [5.41, 5.74) is 4.20. The maximum atomic E-state index is 11.6. The fourth-order valence-electron chi connectivity index (χ4n) is 3.48. The number of aromatic nitrogens is 1. The minimum Gasteiger partial charge on any atom is -0.490 e. The molecular weight excluding hydrogens is 390 g/mol. The number of aromatic amines is 1. The van der Waals surface area contributed by atoms with Gasteiger partial charge in [0, 0.05) is 23.7 Å². The second kappa shape index (κ2) is 9.85. The first-order chi connectivity index (χ1) is 15.2. The van der Waals surface area contributed by atoms with Crippen LogP contribution in [0.5, 0.6) is 11.5 Å². The van der Waals surface area contributed by atoms with E-state index >= 15 is 0 Å². The number of aryl methyl sites for hydroxylation is 1. The average Bonchev–Trinajstić information content (AvgIpc) is 3.29. The zero-order chi connectivity index (χ0) is 21.5. The molecule has 1 heterocycles. The highest BCUT2D eigenvalue weighted by Crippen LogP contribution is 2.33. The van der Waals surface area contributed by atoms with E-state index in [1.54, 1.807) is 0 Å². The smallest absolute Gasteiger partial charge is 0.305 e. The van der Waals surface area contributed by atoms with Gasteiger partial charge >= 0.3 is 5.97 Å². The van der Waals surface area contributed by atoms with Gasteiger partial charge in [0.05, 0.1) is 7.11 Å². The molecule has 5 nitrogen and oxygen atoms in total. The largest absolute Gasteiger partial charge is 0.490 e. The Hall–Kier alpha value is -3.73. The number of carbonyl (C=O) groups excluding carboxylic acids is 1. The van der Waals surface area contributed by atoms with Crippen molar-refractivity contribution < 1.29 is 19.0 Å². The molecule has 0 spiro atoms. The molecule has 0 aliphatic carbocycles. The molecule has 0 fully saturated rings. The summed E-state index contributed by atoms with van der Waals surface area (Å²) >= 11 is 0. The second-order valence-corrected chi connectivity index (χ2v) is 7.20. The summed E-state index contributed by atoms with van der Waals surface area (Å²) in [6.07, 6.45) is 2.89. The molecule has 4 rings (SSSR count). The van der Waals surface area contributed by atoms with Gasteiger partial charge in [-0.1, -0.05) is 30.3 Å². The first-order valence-corrected chi connectivity index (χ1v) is 10.3. The molecule has 31 heavy (non-hydrogen) atoms. The monoisotopic (exact) mass is 415 g/mol. The molecule has 0 saturated heterocycles. The summed E-state index contributed by atoms with van der Waals surface area (Å²) in [7, 11) is 1.41. The molecule has 0 radical (unpaired) electrons. The van der Waals surface area contributed by atoms with E-state index in [4.69, 9.17) is 14.2 Å². The quantitative estimate of drug-likeness (QED) is 0.294. The molecule has 0 saturated carbocycles. The van der Waals surface area contributed by atoms with Crippen LogP contribution in [0.3, 0.4) is 0 Å². The number of nitrogens with one attached hydrogen (secondary N) is 1. The summed E-state index contributed by atoms with van der Waals surface area (Å²) in [5, 5.41) is 1.14. The van der Waals surface area contributed by atoms with E-state index in [1.165, 1.54) is 7.11 Å². The highest BCUT2D eigenvalue weighted by Gasteiger charge is 2.11. The van der Waals surface area contributed by atoms with Crippen molar-refractivity contribution in [2.24, 2.45) is 0 Å². The normalized spacial score (nSPS) is 10.7. The number of carbonyl (C=O) groups is 1. The Morgan fingerprint density at radius 3 is 2.58 bits per heavy atom. The average molecular weight is 415 g/mol. The third-order valence-electron chi connectivity index (χ3n) is 5.11. The van der Waals surface area contributed by atoms with Crippen molar-refractivity contribution >= 4 is 16.9 Å². The first kappa shape index (κ1) is 20.5. The molecule has 4 aromatic rings. The topological polar surface area (TPSA) is 60.6 Å². The molecule has 0 atom stereocenters. The molecule has 1 N–H and O–H groups in total. The predicted molar refractivity (Wildman–Crippen MR) is 122 cm³/mol. The van der Waals surface area contributed by atoms with Crippen molar-refractivity contribution in [3.63, 3.8) is 0 Å². The van der Waals surface area contributed by atoms with E-state index in [0.717, 1.165) is 39.1 Å². The molecule has 3 aromatic carbocycles. The van der Waals surface area contributed by atoms with Gasteiger partial charge in [0.25, 0.3) is 0 Å². The maximum absolute atomic E-state index is 11.6. The van der Waals surface area contributed by atoms with Crippen LogP contribution in [0.2, 0.25) is 0 Å². The van der Waals surface area contributed by atoms with Gasteiger partial charge < -0.3 is 19.2 Å². The van der Waals surface area contributed by atoms with Gasteiger partial charge in [-0.2, -0.15) is 0 Å². The van der Waals surface area contributed by atoms with Gasteiger partial charge in [-0.05, 0) is 65.4 Å². The number of esters is 1. The molecule has 0 aliphatic heterocycles. The molecule has 0 aliphatic rings. The standard InChI is InChI=1S/C26H25NO4/c1-29-26(28)12-8-19-7-11-25(31-16-15-30-22-5-3-2-4-6-22)23(17-19)20-9-10-24-21(18-20)13-14-27-24/h2-7,9-11,13-14,17-18,27H,8,12,15-16H2,1H3. The summed E-state index contributed by atoms with van der Waals surface area (Å²) in [6, 6.07) is 24.1. The lowest BCUT2D eigenvalue weighted by Crippen LogP contribution is -2.09. The Balaban J connectivity index is 1.53. The SMILES string of the molecule is COC(=O)CCc1ccc(OCCOc2ccccc2)c(-c2ccc3[nH]ccc3c2)c1. The lowest BCUT2D eigenvalue weighted by Gasteiger charge is -2.14. The van der Waals surface area contributed by atoms with Gasteiger partial charge in [-0.15, -0.1) is 0 Å². The Kier molecular flexibility index (Phi) is 6.53. The van der Waals surface area contributed by atoms with Crippen LogP contribution in [0.25, 0.3) is 22.0 Å². The molecule has 0 amide bonds. The van der Waals surface area contributed by atoms with Crippen LogP contribution in [0, 0.1) is 0 Å². The maximum Gasteiger partial charge on any atom is 0.305 e. The summed E-state index contributed by atoms with van der Waals surface area (Å²) in [4.78, 5) is 14.8. The Morgan fingerprint density at radius 2 is 1.74 bits per heavy atom. The lowest BCUT2D eigenvalue weighted by atomic mass is 9.99. The summed E-state index contributed by atoms with van der Waals surface area (Å²) in [5.74, 6) is 1.39. The van der Waals surface area contributed by atoms with Crippen molar-refractivity contribution in [2.75, 3.05) is 20.3 Å². The fraction of sp³-hybridized carbons (Fsp3) is 0.192. The Labute approximate surface area is 181 Å². The van der Waals surface area contributed by atoms with Crippen LogP contribution in [0.4, 0.5) is 0 Å². The van der Waals surface area contributed by atoms with Crippen molar-refractivity contribution in [1.29, 1.82) is 0 Å². The zero-order valence-corrected chi connectivity index (χ0v) is 17.5. The number of para-hydroxylation sites is 1. The zero-order valence-electron chi connectivity index (χ0n) is 17.5. The molecule has 0 unspecified atom stereocenters. The van der Waals surface area contributed by atoms with Crippen LogP contribution >= 0.6 is 0 Å². The predicted octanol–water partition coefficient (Wildman–Crippen LogP) is 5.40. The highest BCUT2D eigenvalue weighted by molar-refractivity contribution is 5.86. The number of benzene rings is 3. The minimum absolute atomic E-state index is 0.214. The van der Waals surface area contributed by atoms with E-state index < -0.39 is 0 Å². The number of hydrogen-bond acceptors (Lipinski definition) is 4. The number of fused-ring (bicyclic) bond motifs is 1. The minimum atomic E-state index is -0.214. The number of methoxy groups -OCH3 is 1. The van der Waals surface area contributed by atoms with E-state index in [2.05, 4.69) is 29.2 Å². The van der Waals surface area contributed by atoms with Crippen molar-refractivity contribution in [2.45, 2.75) is 12.8 Å². The third kappa shape index (κ3) is 5.25. The fourth-order valence-corrected chi connectivity index (χ4v) is 3.48. The number of H-pyrrole nitrogens is 1. The van der Waals surface area contributed by atoms with E-state index in [9.17, 15) is 4.79 Å². The Morgan fingerprint density at radius 1 is 0.903 bits per heavy atom. The van der Waals surface area contributed by atoms with E-state index in [1.807, 2.05) is 54.7 Å². The van der Waals surface area contributed by atoms with Gasteiger partial charge in [0.1, 0.15) is 24.7 Å². The van der Waals surface area contributed by atoms with Crippen LogP contribution < -0.4 is 9.47 Å². The molecule has 0 bridgehead atoms. The molecule has 158 valence electrons. The summed E-state index contributed by atoms with van der Waals surface area (Å²) in [6.45, 7) is 0.875.